The lowest BCUT2D eigenvalue weighted by atomic mass is 9.86. The van der Waals surface area contributed by atoms with E-state index in [-0.39, 0.29) is 11.5 Å². The van der Waals surface area contributed by atoms with Crippen molar-refractivity contribution < 1.29 is 4.74 Å². The van der Waals surface area contributed by atoms with Crippen molar-refractivity contribution in [1.82, 2.24) is 0 Å². The summed E-state index contributed by atoms with van der Waals surface area (Å²) in [6.07, 6.45) is 1.82. The molecule has 0 aliphatic heterocycles. The number of ether oxygens (including phenoxy) is 1. The molecule has 1 saturated carbocycles. The maximum absolute atomic E-state index is 9.30. The van der Waals surface area contributed by atoms with Crippen LogP contribution >= 0.6 is 0 Å². The number of rotatable bonds is 4. The van der Waals surface area contributed by atoms with Crippen molar-refractivity contribution in [2.24, 2.45) is 11.1 Å². The largest absolute Gasteiger partial charge is 0.496 e. The first kappa shape index (κ1) is 13.9. The molecule has 3 nitrogen and oxygen atoms in total. The van der Waals surface area contributed by atoms with Crippen LogP contribution in [0.2, 0.25) is 0 Å². The minimum Gasteiger partial charge on any atom is -0.496 e. The number of benzene rings is 1. The van der Waals surface area contributed by atoms with Crippen LogP contribution in [-0.2, 0) is 0 Å². The Bertz CT molecular complexity index is 524. The number of methoxy groups -OCH3 is 1. The van der Waals surface area contributed by atoms with Gasteiger partial charge in [0.25, 0.3) is 0 Å². The lowest BCUT2D eigenvalue weighted by Crippen LogP contribution is -2.22. The average molecular weight is 258 g/mol. The van der Waals surface area contributed by atoms with Gasteiger partial charge >= 0.3 is 0 Å². The van der Waals surface area contributed by atoms with Crippen LogP contribution in [0.25, 0.3) is 0 Å². The average Bonchev–Trinajstić information content (AvgIpc) is 3.18. The van der Waals surface area contributed by atoms with Gasteiger partial charge in [0.1, 0.15) is 5.75 Å². The standard InChI is InChI=1S/C16H22N2O/c1-10(2)12-8-13(11(3)7-14(12)19-4)15(18)16(9-17)5-6-16/h7-8,10,15H,5-6,18H2,1-4H3. The van der Waals surface area contributed by atoms with Crippen molar-refractivity contribution in [1.29, 1.82) is 5.26 Å². The Morgan fingerprint density at radius 2 is 1.95 bits per heavy atom. The Labute approximate surface area is 115 Å². The molecule has 0 radical (unpaired) electrons. The van der Waals surface area contributed by atoms with Gasteiger partial charge in [-0.15, -0.1) is 0 Å². The molecule has 0 saturated heterocycles. The van der Waals surface area contributed by atoms with Crippen LogP contribution in [0.5, 0.6) is 5.75 Å². The normalized spacial score (nSPS) is 17.9. The van der Waals surface area contributed by atoms with Crippen LogP contribution in [0.1, 0.15) is 55.3 Å². The highest BCUT2D eigenvalue weighted by atomic mass is 16.5. The summed E-state index contributed by atoms with van der Waals surface area (Å²) in [7, 11) is 1.69. The molecule has 0 heterocycles. The van der Waals surface area contributed by atoms with E-state index < -0.39 is 0 Å². The third kappa shape index (κ3) is 2.33. The number of nitriles is 1. The van der Waals surface area contributed by atoms with Crippen LogP contribution in [0, 0.1) is 23.7 Å². The van der Waals surface area contributed by atoms with Gasteiger partial charge in [-0.05, 0) is 54.5 Å². The van der Waals surface area contributed by atoms with Gasteiger partial charge < -0.3 is 10.5 Å². The molecule has 0 amide bonds. The third-order valence-electron chi connectivity index (χ3n) is 4.18. The smallest absolute Gasteiger partial charge is 0.122 e. The Kier molecular flexibility index (Phi) is 3.56. The minimum atomic E-state index is -0.340. The second-order valence-corrected chi connectivity index (χ2v) is 5.85. The van der Waals surface area contributed by atoms with E-state index in [1.165, 1.54) is 0 Å². The summed E-state index contributed by atoms with van der Waals surface area (Å²) in [6.45, 7) is 6.31. The number of hydrogen-bond donors (Lipinski definition) is 1. The summed E-state index contributed by atoms with van der Waals surface area (Å²) in [5.41, 5.74) is 9.36. The Balaban J connectivity index is 2.47. The van der Waals surface area contributed by atoms with Crippen molar-refractivity contribution in [3.05, 3.63) is 28.8 Å². The fourth-order valence-electron chi connectivity index (χ4n) is 2.60. The van der Waals surface area contributed by atoms with Crippen LogP contribution in [0.3, 0.4) is 0 Å². The van der Waals surface area contributed by atoms with Crippen molar-refractivity contribution in [3.63, 3.8) is 0 Å². The predicted molar refractivity (Wildman–Crippen MR) is 76.0 cm³/mol. The predicted octanol–water partition coefficient (Wildman–Crippen LogP) is 3.43. The van der Waals surface area contributed by atoms with Gasteiger partial charge in [-0.2, -0.15) is 5.26 Å². The molecule has 19 heavy (non-hydrogen) atoms. The summed E-state index contributed by atoms with van der Waals surface area (Å²) in [5.74, 6) is 1.28. The van der Waals surface area contributed by atoms with Crippen molar-refractivity contribution in [2.75, 3.05) is 7.11 Å². The van der Waals surface area contributed by atoms with Gasteiger partial charge in [0.05, 0.1) is 18.6 Å². The van der Waals surface area contributed by atoms with Crippen LogP contribution in [0.4, 0.5) is 0 Å². The minimum absolute atomic E-state index is 0.194. The maximum Gasteiger partial charge on any atom is 0.122 e. The molecule has 1 aromatic carbocycles. The first-order valence-electron chi connectivity index (χ1n) is 6.80. The summed E-state index contributed by atoms with van der Waals surface area (Å²) >= 11 is 0. The molecule has 1 unspecified atom stereocenters. The van der Waals surface area contributed by atoms with E-state index >= 15 is 0 Å². The summed E-state index contributed by atoms with van der Waals surface area (Å²) < 4.78 is 5.44. The highest BCUT2D eigenvalue weighted by Crippen LogP contribution is 2.54. The molecule has 1 fully saturated rings. The molecule has 1 aromatic rings. The van der Waals surface area contributed by atoms with Gasteiger partial charge in [0, 0.05) is 6.04 Å². The lowest BCUT2D eigenvalue weighted by Gasteiger charge is -2.22. The molecule has 3 heteroatoms. The highest BCUT2D eigenvalue weighted by Gasteiger charge is 2.49. The Hall–Kier alpha value is -1.53. The molecule has 1 aliphatic carbocycles. The summed E-state index contributed by atoms with van der Waals surface area (Å²) in [5, 5.41) is 9.30. The molecule has 1 atom stereocenters. The van der Waals surface area contributed by atoms with Gasteiger partial charge in [-0.25, -0.2) is 0 Å². The second-order valence-electron chi connectivity index (χ2n) is 5.85. The zero-order valence-corrected chi connectivity index (χ0v) is 12.2. The van der Waals surface area contributed by atoms with Crippen molar-refractivity contribution in [2.45, 2.75) is 45.6 Å². The van der Waals surface area contributed by atoms with E-state index in [9.17, 15) is 5.26 Å². The van der Waals surface area contributed by atoms with E-state index in [4.69, 9.17) is 10.5 Å². The monoisotopic (exact) mass is 258 g/mol. The van der Waals surface area contributed by atoms with Crippen molar-refractivity contribution >= 4 is 0 Å². The molecular formula is C16H22N2O. The third-order valence-corrected chi connectivity index (χ3v) is 4.18. The zero-order valence-electron chi connectivity index (χ0n) is 12.2. The summed E-state index contributed by atoms with van der Waals surface area (Å²) in [4.78, 5) is 0. The molecule has 2 N–H and O–H groups in total. The number of hydrogen-bond acceptors (Lipinski definition) is 3. The zero-order chi connectivity index (χ0) is 14.2. The SMILES string of the molecule is COc1cc(C)c(C(N)C2(C#N)CC2)cc1C(C)C. The fraction of sp³-hybridized carbons (Fsp3) is 0.562. The fourth-order valence-corrected chi connectivity index (χ4v) is 2.60. The maximum atomic E-state index is 9.30. The van der Waals surface area contributed by atoms with Crippen LogP contribution in [-0.4, -0.2) is 7.11 Å². The molecule has 1 aliphatic rings. The van der Waals surface area contributed by atoms with E-state index in [1.54, 1.807) is 7.11 Å². The van der Waals surface area contributed by atoms with E-state index in [2.05, 4.69) is 26.0 Å². The molecule has 2 rings (SSSR count). The van der Waals surface area contributed by atoms with Gasteiger partial charge in [0.15, 0.2) is 0 Å². The van der Waals surface area contributed by atoms with E-state index in [0.717, 1.165) is 35.3 Å². The Morgan fingerprint density at radius 1 is 1.32 bits per heavy atom. The summed E-state index contributed by atoms with van der Waals surface area (Å²) in [6, 6.07) is 6.37. The first-order chi connectivity index (χ1) is 8.95. The highest BCUT2D eigenvalue weighted by molar-refractivity contribution is 5.46. The second kappa shape index (κ2) is 4.86. The van der Waals surface area contributed by atoms with Gasteiger partial charge in [-0.1, -0.05) is 13.8 Å². The topological polar surface area (TPSA) is 59.0 Å². The van der Waals surface area contributed by atoms with Gasteiger partial charge in [0.2, 0.25) is 0 Å². The van der Waals surface area contributed by atoms with Crippen molar-refractivity contribution in [3.8, 4) is 11.8 Å². The molecule has 0 spiro atoms. The van der Waals surface area contributed by atoms with Gasteiger partial charge in [-0.3, -0.25) is 0 Å². The van der Waals surface area contributed by atoms with Crippen LogP contribution < -0.4 is 10.5 Å². The quantitative estimate of drug-likeness (QED) is 0.900. The first-order valence-corrected chi connectivity index (χ1v) is 6.80. The molecular weight excluding hydrogens is 236 g/mol. The number of nitrogens with zero attached hydrogens (tertiary/aromatic N) is 1. The lowest BCUT2D eigenvalue weighted by molar-refractivity contribution is 0.406. The van der Waals surface area contributed by atoms with E-state index in [1.807, 2.05) is 13.0 Å². The number of aryl methyl sites for hydroxylation is 1. The van der Waals surface area contributed by atoms with Crippen LogP contribution in [0.15, 0.2) is 12.1 Å². The molecule has 0 aromatic heterocycles. The van der Waals surface area contributed by atoms with E-state index in [0.29, 0.717) is 5.92 Å². The number of nitrogens with two attached hydrogens (primary N) is 1. The molecule has 102 valence electrons. The Morgan fingerprint density at radius 3 is 2.37 bits per heavy atom. The molecule has 0 bridgehead atoms.